The molecule has 0 radical (unpaired) electrons. The van der Waals surface area contributed by atoms with Crippen LogP contribution >= 0.6 is 11.3 Å². The number of methoxy groups -OCH3 is 1. The van der Waals surface area contributed by atoms with Gasteiger partial charge >= 0.3 is 0 Å². The van der Waals surface area contributed by atoms with Gasteiger partial charge in [-0.1, -0.05) is 6.58 Å². The lowest BCUT2D eigenvalue weighted by molar-refractivity contribution is -0.129. The molecule has 6 rings (SSSR count). The third-order valence-corrected chi connectivity index (χ3v) is 8.58. The molecule has 0 aliphatic carbocycles. The number of aryl methyl sites for hydroxylation is 1. The number of benzene rings is 1. The Labute approximate surface area is 255 Å². The number of carbonyl (C=O) groups is 1. The molecule has 0 saturated carbocycles. The Morgan fingerprint density at radius 3 is 2.73 bits per heavy atom. The SMILES string of the molecule is C=CC(=O)N1Cc2cc(-c3nc(-c4ccc(=O)n(C)c4)c4ccsc4c3-c3c(F)cc(F)cc3OCCOC)nn2C[C@H]1C. The second-order valence-corrected chi connectivity index (χ2v) is 11.5. The Morgan fingerprint density at radius 1 is 1.16 bits per heavy atom. The smallest absolute Gasteiger partial charge is 0.250 e. The highest BCUT2D eigenvalue weighted by atomic mass is 32.1. The van der Waals surface area contributed by atoms with Crippen molar-refractivity contribution in [3.8, 4) is 39.5 Å². The minimum absolute atomic E-state index is 0.00695. The van der Waals surface area contributed by atoms with Crippen molar-refractivity contribution in [1.29, 1.82) is 0 Å². The minimum atomic E-state index is -0.814. The maximum absolute atomic E-state index is 15.9. The van der Waals surface area contributed by atoms with Crippen molar-refractivity contribution >= 4 is 27.3 Å². The van der Waals surface area contributed by atoms with E-state index in [1.807, 2.05) is 29.1 Å². The van der Waals surface area contributed by atoms with E-state index in [0.717, 1.165) is 23.2 Å². The minimum Gasteiger partial charge on any atom is -0.490 e. The van der Waals surface area contributed by atoms with E-state index in [4.69, 9.17) is 19.6 Å². The third kappa shape index (κ3) is 5.20. The second-order valence-electron chi connectivity index (χ2n) is 10.5. The third-order valence-electron chi connectivity index (χ3n) is 7.65. The highest BCUT2D eigenvalue weighted by Crippen LogP contribution is 2.47. The van der Waals surface area contributed by atoms with Gasteiger partial charge in [-0.2, -0.15) is 5.10 Å². The molecule has 0 fully saturated rings. The van der Waals surface area contributed by atoms with Crippen LogP contribution in [-0.2, 0) is 29.7 Å². The van der Waals surface area contributed by atoms with Gasteiger partial charge in [-0.25, -0.2) is 13.8 Å². The number of pyridine rings is 2. The van der Waals surface area contributed by atoms with Gasteiger partial charge in [-0.3, -0.25) is 14.3 Å². The molecule has 0 N–H and O–H groups in total. The van der Waals surface area contributed by atoms with Crippen LogP contribution in [0.25, 0.3) is 43.9 Å². The summed E-state index contributed by atoms with van der Waals surface area (Å²) >= 11 is 1.38. The fourth-order valence-electron chi connectivity index (χ4n) is 5.49. The standard InChI is InChI=1S/C32H29F2N5O4S/c1-5-26(40)38-17-21-14-24(36-39(21)15-18(38)2)31-29(28-23(34)12-20(33)13-25(28)43-10-9-42-4)32-22(8-11-44-32)30(35-31)19-6-7-27(41)37(3)16-19/h5-8,11-14,16,18H,1,9-10,15,17H2,2-4H3/t18-/m1/s1. The summed E-state index contributed by atoms with van der Waals surface area (Å²) in [6.45, 7) is 6.59. The molecular weight excluding hydrogens is 588 g/mol. The van der Waals surface area contributed by atoms with Gasteiger partial charge in [0.15, 0.2) is 0 Å². The lowest BCUT2D eigenvalue weighted by Crippen LogP contribution is -2.44. The van der Waals surface area contributed by atoms with Gasteiger partial charge in [-0.05, 0) is 36.6 Å². The molecule has 0 spiro atoms. The van der Waals surface area contributed by atoms with Gasteiger partial charge in [0.1, 0.15) is 35.4 Å². The van der Waals surface area contributed by atoms with Crippen molar-refractivity contribution in [2.75, 3.05) is 20.3 Å². The highest BCUT2D eigenvalue weighted by Gasteiger charge is 2.30. The summed E-state index contributed by atoms with van der Waals surface area (Å²) in [6, 6.07) is 8.71. The number of nitrogens with zero attached hydrogens (tertiary/aromatic N) is 5. The first-order chi connectivity index (χ1) is 21.2. The molecule has 1 aliphatic heterocycles. The second kappa shape index (κ2) is 11.8. The summed E-state index contributed by atoms with van der Waals surface area (Å²) < 4.78 is 45.4. The lowest BCUT2D eigenvalue weighted by atomic mass is 9.96. The van der Waals surface area contributed by atoms with Crippen molar-refractivity contribution < 1.29 is 23.0 Å². The molecule has 226 valence electrons. The van der Waals surface area contributed by atoms with Gasteiger partial charge in [0.05, 0.1) is 36.6 Å². The first-order valence-corrected chi connectivity index (χ1v) is 14.8. The first kappa shape index (κ1) is 29.4. The molecule has 0 unspecified atom stereocenters. The molecule has 0 saturated heterocycles. The monoisotopic (exact) mass is 617 g/mol. The Bertz CT molecular complexity index is 1980. The molecule has 12 heteroatoms. The van der Waals surface area contributed by atoms with Crippen LogP contribution in [-0.4, -0.2) is 56.5 Å². The van der Waals surface area contributed by atoms with Crippen LogP contribution in [0.5, 0.6) is 5.75 Å². The van der Waals surface area contributed by atoms with Crippen LogP contribution in [0.3, 0.4) is 0 Å². The molecule has 1 amide bonds. The number of ether oxygens (including phenoxy) is 2. The average molecular weight is 618 g/mol. The molecule has 5 aromatic rings. The predicted molar refractivity (Wildman–Crippen MR) is 164 cm³/mol. The van der Waals surface area contributed by atoms with Gasteiger partial charge < -0.3 is 18.9 Å². The average Bonchev–Trinajstić information content (AvgIpc) is 3.65. The number of thiophene rings is 1. The highest BCUT2D eigenvalue weighted by molar-refractivity contribution is 7.18. The number of halogens is 2. The van der Waals surface area contributed by atoms with E-state index in [2.05, 4.69) is 6.58 Å². The van der Waals surface area contributed by atoms with Gasteiger partial charge in [0.25, 0.3) is 0 Å². The number of carbonyl (C=O) groups excluding carboxylic acids is 1. The van der Waals surface area contributed by atoms with Crippen LogP contribution in [0, 0.1) is 11.6 Å². The zero-order valence-corrected chi connectivity index (χ0v) is 25.2. The van der Waals surface area contributed by atoms with E-state index >= 15 is 4.39 Å². The van der Waals surface area contributed by atoms with Crippen LogP contribution < -0.4 is 10.3 Å². The number of hydrogen-bond donors (Lipinski definition) is 0. The molecule has 1 aromatic carbocycles. The van der Waals surface area contributed by atoms with Crippen molar-refractivity contribution in [1.82, 2.24) is 24.2 Å². The molecule has 5 heterocycles. The van der Waals surface area contributed by atoms with E-state index in [-0.39, 0.29) is 42.0 Å². The largest absolute Gasteiger partial charge is 0.490 e. The fraction of sp³-hybridized carbons (Fsp3) is 0.250. The molecule has 1 aliphatic rings. The number of amides is 1. The van der Waals surface area contributed by atoms with E-state index in [1.54, 1.807) is 24.2 Å². The molecule has 4 aromatic heterocycles. The van der Waals surface area contributed by atoms with E-state index < -0.39 is 11.6 Å². The van der Waals surface area contributed by atoms with E-state index in [0.29, 0.717) is 46.0 Å². The molecule has 9 nitrogen and oxygen atoms in total. The summed E-state index contributed by atoms with van der Waals surface area (Å²) in [5.74, 6) is -1.78. The van der Waals surface area contributed by atoms with Gasteiger partial charge in [0.2, 0.25) is 11.5 Å². The first-order valence-electron chi connectivity index (χ1n) is 13.9. The fourth-order valence-corrected chi connectivity index (χ4v) is 6.43. The van der Waals surface area contributed by atoms with Crippen LogP contribution in [0.15, 0.2) is 65.4 Å². The lowest BCUT2D eigenvalue weighted by Gasteiger charge is -2.33. The van der Waals surface area contributed by atoms with Crippen molar-refractivity contribution in [2.24, 2.45) is 7.05 Å². The van der Waals surface area contributed by atoms with Gasteiger partial charge in [0, 0.05) is 65.8 Å². The van der Waals surface area contributed by atoms with Crippen LogP contribution in [0.4, 0.5) is 8.78 Å². The summed E-state index contributed by atoms with van der Waals surface area (Å²) in [7, 11) is 3.17. The summed E-state index contributed by atoms with van der Waals surface area (Å²) in [5, 5.41) is 7.46. The normalized spacial score (nSPS) is 14.6. The molecule has 0 bridgehead atoms. The van der Waals surface area contributed by atoms with E-state index in [1.165, 1.54) is 35.2 Å². The number of fused-ring (bicyclic) bond motifs is 2. The Hall–Kier alpha value is -4.68. The summed E-state index contributed by atoms with van der Waals surface area (Å²) in [6.07, 6.45) is 2.98. The Morgan fingerprint density at radius 2 is 1.98 bits per heavy atom. The quantitative estimate of drug-likeness (QED) is 0.171. The van der Waals surface area contributed by atoms with Crippen LogP contribution in [0.1, 0.15) is 12.6 Å². The zero-order valence-electron chi connectivity index (χ0n) is 24.3. The summed E-state index contributed by atoms with van der Waals surface area (Å²) in [4.78, 5) is 31.5. The number of rotatable bonds is 8. The number of aromatic nitrogens is 4. The van der Waals surface area contributed by atoms with Crippen molar-refractivity contribution in [3.05, 3.63) is 88.3 Å². The Kier molecular flexibility index (Phi) is 7.87. The molecule has 1 atom stereocenters. The van der Waals surface area contributed by atoms with Gasteiger partial charge in [-0.15, -0.1) is 11.3 Å². The van der Waals surface area contributed by atoms with Crippen molar-refractivity contribution in [2.45, 2.75) is 26.1 Å². The maximum Gasteiger partial charge on any atom is 0.250 e. The van der Waals surface area contributed by atoms with E-state index in [9.17, 15) is 14.0 Å². The van der Waals surface area contributed by atoms with Crippen molar-refractivity contribution in [3.63, 3.8) is 0 Å². The number of hydrogen-bond acceptors (Lipinski definition) is 7. The molecular formula is C32H29F2N5O4S. The predicted octanol–water partition coefficient (Wildman–Crippen LogP) is 5.41. The molecule has 44 heavy (non-hydrogen) atoms. The maximum atomic E-state index is 15.9. The summed E-state index contributed by atoms with van der Waals surface area (Å²) in [5.41, 5.74) is 3.09. The Balaban J connectivity index is 1.64. The topological polar surface area (TPSA) is 91.5 Å². The zero-order chi connectivity index (χ0) is 31.1. The van der Waals surface area contributed by atoms with Crippen LogP contribution in [0.2, 0.25) is 0 Å².